The largest absolute Gasteiger partial charge is 0.496 e. The molecule has 0 unspecified atom stereocenters. The van der Waals surface area contributed by atoms with Crippen LogP contribution in [0.1, 0.15) is 22.4 Å². The number of para-hydroxylation sites is 1. The Morgan fingerprint density at radius 3 is 2.70 bits per heavy atom. The van der Waals surface area contributed by atoms with Crippen molar-refractivity contribution in [3.05, 3.63) is 64.8 Å². The second-order valence-corrected chi connectivity index (χ2v) is 7.87. The van der Waals surface area contributed by atoms with E-state index in [1.807, 2.05) is 18.2 Å². The zero-order valence-corrected chi connectivity index (χ0v) is 19.1. The number of hydrogen-bond donors (Lipinski definition) is 2. The van der Waals surface area contributed by atoms with E-state index in [2.05, 4.69) is 53.3 Å². The Balaban J connectivity index is 1.81. The molecule has 0 fully saturated rings. The summed E-state index contributed by atoms with van der Waals surface area (Å²) in [5.41, 5.74) is 6.13. The summed E-state index contributed by atoms with van der Waals surface area (Å²) in [7, 11) is 3.40. The molecule has 0 aliphatic heterocycles. The van der Waals surface area contributed by atoms with Crippen molar-refractivity contribution in [3.8, 4) is 5.75 Å². The van der Waals surface area contributed by atoms with Crippen LogP contribution in [0.5, 0.6) is 5.75 Å². The topological polar surface area (TPSA) is 49.5 Å². The predicted octanol–water partition coefficient (Wildman–Crippen LogP) is 4.36. The van der Waals surface area contributed by atoms with Crippen LogP contribution in [0.25, 0.3) is 10.9 Å². The quantitative estimate of drug-likeness (QED) is 0.394. The van der Waals surface area contributed by atoms with Crippen molar-refractivity contribution in [2.75, 3.05) is 33.9 Å². The van der Waals surface area contributed by atoms with Gasteiger partial charge in [0.2, 0.25) is 0 Å². The summed E-state index contributed by atoms with van der Waals surface area (Å²) >= 11 is 5.72. The lowest BCUT2D eigenvalue weighted by atomic mass is 10.1. The van der Waals surface area contributed by atoms with Crippen molar-refractivity contribution in [1.82, 2.24) is 15.2 Å². The Bertz CT molecular complexity index is 999. The highest BCUT2D eigenvalue weighted by Crippen LogP contribution is 2.25. The van der Waals surface area contributed by atoms with Crippen LogP contribution in [0.2, 0.25) is 0 Å². The minimum absolute atomic E-state index is 0.615. The number of hydrogen-bond acceptors (Lipinski definition) is 3. The molecule has 3 aromatic rings. The first-order chi connectivity index (χ1) is 14.5. The van der Waals surface area contributed by atoms with E-state index >= 15 is 0 Å². The number of fused-ring (bicyclic) bond motifs is 1. The fourth-order valence-electron chi connectivity index (χ4n) is 3.73. The number of nitrogens with zero attached hydrogens (tertiary/aromatic N) is 1. The Kier molecular flexibility index (Phi) is 7.71. The number of methoxy groups -OCH3 is 2. The van der Waals surface area contributed by atoms with Crippen LogP contribution in [0.4, 0.5) is 0 Å². The molecule has 0 atom stereocenters. The molecule has 160 valence electrons. The molecule has 0 saturated heterocycles. The highest BCUT2D eigenvalue weighted by molar-refractivity contribution is 7.80. The van der Waals surface area contributed by atoms with E-state index in [1.54, 1.807) is 14.2 Å². The number of H-pyrrole nitrogens is 1. The molecular weight excluding hydrogens is 394 g/mol. The van der Waals surface area contributed by atoms with E-state index in [4.69, 9.17) is 21.7 Å². The smallest absolute Gasteiger partial charge is 0.169 e. The van der Waals surface area contributed by atoms with Crippen LogP contribution < -0.4 is 10.1 Å². The Morgan fingerprint density at radius 2 is 1.93 bits per heavy atom. The van der Waals surface area contributed by atoms with Crippen LogP contribution in [0, 0.1) is 13.8 Å². The van der Waals surface area contributed by atoms with E-state index in [-0.39, 0.29) is 0 Å². The van der Waals surface area contributed by atoms with Gasteiger partial charge in [0.25, 0.3) is 0 Å². The number of ether oxygens (including phenoxy) is 2. The molecule has 6 heteroatoms. The Labute approximate surface area is 184 Å². The monoisotopic (exact) mass is 425 g/mol. The van der Waals surface area contributed by atoms with Crippen molar-refractivity contribution in [2.24, 2.45) is 0 Å². The van der Waals surface area contributed by atoms with Crippen LogP contribution in [-0.2, 0) is 17.7 Å². The Hall–Kier alpha value is -2.57. The fraction of sp³-hybridized carbons (Fsp3) is 0.375. The molecule has 1 heterocycles. The summed E-state index contributed by atoms with van der Waals surface area (Å²) < 4.78 is 10.7. The van der Waals surface area contributed by atoms with Crippen LogP contribution >= 0.6 is 12.2 Å². The van der Waals surface area contributed by atoms with Gasteiger partial charge in [-0.3, -0.25) is 0 Å². The lowest BCUT2D eigenvalue weighted by Crippen LogP contribution is -2.41. The summed E-state index contributed by atoms with van der Waals surface area (Å²) in [6.07, 6.45) is 0.899. The highest BCUT2D eigenvalue weighted by Gasteiger charge is 2.15. The average molecular weight is 426 g/mol. The third-order valence-corrected chi connectivity index (χ3v) is 5.73. The third kappa shape index (κ3) is 5.32. The maximum absolute atomic E-state index is 5.72. The number of thiocarbonyl (C=S) groups is 1. The average Bonchev–Trinajstić information content (AvgIpc) is 3.05. The van der Waals surface area contributed by atoms with Gasteiger partial charge < -0.3 is 24.7 Å². The fourth-order valence-corrected chi connectivity index (χ4v) is 3.99. The van der Waals surface area contributed by atoms with Crippen LogP contribution in [0.15, 0.2) is 42.5 Å². The minimum Gasteiger partial charge on any atom is -0.496 e. The number of benzene rings is 2. The molecule has 0 saturated carbocycles. The first-order valence-corrected chi connectivity index (χ1v) is 10.7. The number of rotatable bonds is 9. The zero-order valence-electron chi connectivity index (χ0n) is 18.2. The van der Waals surface area contributed by atoms with E-state index < -0.39 is 0 Å². The molecule has 30 heavy (non-hydrogen) atoms. The normalized spacial score (nSPS) is 10.9. The molecule has 0 radical (unpaired) electrons. The maximum Gasteiger partial charge on any atom is 0.169 e. The van der Waals surface area contributed by atoms with Crippen molar-refractivity contribution in [1.29, 1.82) is 0 Å². The maximum atomic E-state index is 5.72. The van der Waals surface area contributed by atoms with Crippen LogP contribution in [-0.4, -0.2) is 48.9 Å². The van der Waals surface area contributed by atoms with Gasteiger partial charge in [-0.1, -0.05) is 29.8 Å². The highest BCUT2D eigenvalue weighted by atomic mass is 32.1. The molecule has 1 aromatic heterocycles. The molecular formula is C24H31N3O2S. The second kappa shape index (κ2) is 10.5. The second-order valence-electron chi connectivity index (χ2n) is 7.49. The van der Waals surface area contributed by atoms with Gasteiger partial charge in [0.1, 0.15) is 5.75 Å². The molecule has 0 amide bonds. The van der Waals surface area contributed by atoms with Gasteiger partial charge in [0.15, 0.2) is 5.11 Å². The van der Waals surface area contributed by atoms with Crippen molar-refractivity contribution in [2.45, 2.75) is 26.8 Å². The molecule has 0 bridgehead atoms. The summed E-state index contributed by atoms with van der Waals surface area (Å²) in [6.45, 7) is 7.06. The molecule has 0 aliphatic carbocycles. The lowest BCUT2D eigenvalue weighted by Gasteiger charge is -2.27. The van der Waals surface area contributed by atoms with E-state index in [0.717, 1.165) is 29.4 Å². The minimum atomic E-state index is 0.615. The van der Waals surface area contributed by atoms with Crippen LogP contribution in [0.3, 0.4) is 0 Å². The number of aromatic amines is 1. The van der Waals surface area contributed by atoms with Gasteiger partial charge in [-0.15, -0.1) is 0 Å². The van der Waals surface area contributed by atoms with E-state index in [9.17, 15) is 0 Å². The molecule has 3 rings (SSSR count). The molecule has 2 aromatic carbocycles. The third-order valence-electron chi connectivity index (χ3n) is 5.33. The molecule has 0 aliphatic rings. The number of nitrogens with one attached hydrogen (secondary N) is 2. The van der Waals surface area contributed by atoms with Gasteiger partial charge in [-0.05, 0) is 56.2 Å². The molecule has 0 spiro atoms. The lowest BCUT2D eigenvalue weighted by molar-refractivity contribution is 0.203. The summed E-state index contributed by atoms with van der Waals surface area (Å²) in [5.74, 6) is 0.876. The standard InChI is InChI=1S/C24H31N3O2S/c1-17-9-10-22-21(15-17)20(18(2)26-22)11-13-27(24(30)25-12-14-28-3)16-19-7-5-6-8-23(19)29-4/h5-10,15,26H,11-14,16H2,1-4H3,(H,25,30). The summed E-state index contributed by atoms with van der Waals surface area (Å²) in [5, 5.41) is 5.34. The van der Waals surface area contributed by atoms with Crippen molar-refractivity contribution >= 4 is 28.2 Å². The van der Waals surface area contributed by atoms with Crippen molar-refractivity contribution in [3.63, 3.8) is 0 Å². The first-order valence-electron chi connectivity index (χ1n) is 10.2. The SMILES string of the molecule is COCCNC(=S)N(CCc1c(C)[nH]c2ccc(C)cc12)Cc1ccccc1OC. The molecule has 5 nitrogen and oxygen atoms in total. The first kappa shape index (κ1) is 22.1. The van der Waals surface area contributed by atoms with Gasteiger partial charge in [-0.25, -0.2) is 0 Å². The summed E-state index contributed by atoms with van der Waals surface area (Å²) in [6, 6.07) is 14.7. The summed E-state index contributed by atoms with van der Waals surface area (Å²) in [4.78, 5) is 5.72. The zero-order chi connectivity index (χ0) is 21.5. The van der Waals surface area contributed by atoms with Crippen molar-refractivity contribution < 1.29 is 9.47 Å². The van der Waals surface area contributed by atoms with Gasteiger partial charge in [-0.2, -0.15) is 0 Å². The van der Waals surface area contributed by atoms with Gasteiger partial charge >= 0.3 is 0 Å². The number of aryl methyl sites for hydroxylation is 2. The molecule has 2 N–H and O–H groups in total. The van der Waals surface area contributed by atoms with Gasteiger partial charge in [0, 0.05) is 48.9 Å². The van der Waals surface area contributed by atoms with E-state index in [1.165, 1.54) is 27.7 Å². The van der Waals surface area contributed by atoms with E-state index in [0.29, 0.717) is 19.7 Å². The number of aromatic nitrogens is 1. The Morgan fingerprint density at radius 1 is 1.13 bits per heavy atom. The van der Waals surface area contributed by atoms with Gasteiger partial charge in [0.05, 0.1) is 13.7 Å². The predicted molar refractivity (Wildman–Crippen MR) is 127 cm³/mol.